The fourth-order valence-corrected chi connectivity index (χ4v) is 3.61. The number of pyridine rings is 2. The van der Waals surface area contributed by atoms with Crippen molar-refractivity contribution in [2.24, 2.45) is 7.05 Å². The molecule has 0 unspecified atom stereocenters. The average Bonchev–Trinajstić information content (AvgIpc) is 2.98. The van der Waals surface area contributed by atoms with Crippen LogP contribution in [0, 0.1) is 6.92 Å². The van der Waals surface area contributed by atoms with Gasteiger partial charge < -0.3 is 4.42 Å². The summed E-state index contributed by atoms with van der Waals surface area (Å²) in [7, 11) is 2.06. The van der Waals surface area contributed by atoms with Crippen LogP contribution in [0.2, 0.25) is 0 Å². The molecule has 0 aliphatic rings. The van der Waals surface area contributed by atoms with E-state index >= 15 is 0 Å². The zero-order valence-electron chi connectivity index (χ0n) is 14.2. The number of nitrogens with zero attached hydrogens (tertiary/aromatic N) is 2. The lowest BCUT2D eigenvalue weighted by Gasteiger charge is -2.04. The van der Waals surface area contributed by atoms with E-state index in [0.29, 0.717) is 0 Å². The minimum Gasteiger partial charge on any atom is -0.449 e. The Morgan fingerprint density at radius 1 is 0.960 bits per heavy atom. The van der Waals surface area contributed by atoms with Gasteiger partial charge in [-0.15, -0.1) is 0 Å². The van der Waals surface area contributed by atoms with Crippen molar-refractivity contribution >= 4 is 32.7 Å². The number of rotatable bonds is 1. The molecule has 25 heavy (non-hydrogen) atoms. The summed E-state index contributed by atoms with van der Waals surface area (Å²) < 4.78 is 8.47. The second-order valence-corrected chi connectivity index (χ2v) is 6.51. The Hall–Kier alpha value is -3.20. The summed E-state index contributed by atoms with van der Waals surface area (Å²) in [6.45, 7) is 2.14. The van der Waals surface area contributed by atoms with Crippen molar-refractivity contribution in [3.63, 3.8) is 0 Å². The molecule has 0 bridgehead atoms. The molecule has 0 aliphatic carbocycles. The standard InChI is InChI=1S/C22H17N2O/c1-14-5-3-4-6-17(14)21-22-18(8-10-24(21)2)19-11-16-13-23-9-7-15(16)12-20(19)25-22/h3-13H,1-2H3/q+1. The average molecular weight is 325 g/mol. The van der Waals surface area contributed by atoms with Gasteiger partial charge in [0, 0.05) is 34.6 Å². The molecule has 5 aromatic rings. The molecule has 0 saturated carbocycles. The second-order valence-electron chi connectivity index (χ2n) is 6.51. The lowest BCUT2D eigenvalue weighted by atomic mass is 10.0. The van der Waals surface area contributed by atoms with E-state index in [1.54, 1.807) is 0 Å². The third-order valence-corrected chi connectivity index (χ3v) is 4.92. The highest BCUT2D eigenvalue weighted by Gasteiger charge is 2.22. The first kappa shape index (κ1) is 14.2. The molecule has 0 N–H and O–H groups in total. The SMILES string of the molecule is Cc1ccccc1-c1c2oc3cc4ccncc4cc3c2cc[n+]1C. The molecule has 5 rings (SSSR count). The van der Waals surface area contributed by atoms with Crippen LogP contribution in [0.5, 0.6) is 0 Å². The van der Waals surface area contributed by atoms with E-state index in [-0.39, 0.29) is 0 Å². The van der Waals surface area contributed by atoms with Crippen molar-refractivity contribution in [1.82, 2.24) is 4.98 Å². The molecule has 3 aromatic heterocycles. The number of aromatic nitrogens is 2. The van der Waals surface area contributed by atoms with Gasteiger partial charge in [-0.25, -0.2) is 0 Å². The predicted molar refractivity (Wildman–Crippen MR) is 100 cm³/mol. The summed E-state index contributed by atoms with van der Waals surface area (Å²) in [5.74, 6) is 0. The Morgan fingerprint density at radius 3 is 2.72 bits per heavy atom. The van der Waals surface area contributed by atoms with Crippen LogP contribution >= 0.6 is 0 Å². The number of hydrogen-bond donors (Lipinski definition) is 0. The third kappa shape index (κ3) is 2.06. The second kappa shape index (κ2) is 5.15. The normalized spacial score (nSPS) is 11.6. The van der Waals surface area contributed by atoms with Crippen LogP contribution in [0.15, 0.2) is 71.5 Å². The first-order valence-corrected chi connectivity index (χ1v) is 8.37. The van der Waals surface area contributed by atoms with E-state index < -0.39 is 0 Å². The van der Waals surface area contributed by atoms with E-state index in [1.165, 1.54) is 11.1 Å². The molecule has 0 fully saturated rings. The van der Waals surface area contributed by atoms with Gasteiger partial charge in [-0.3, -0.25) is 4.98 Å². The minimum atomic E-state index is 0.912. The molecular formula is C22H17N2O+. The van der Waals surface area contributed by atoms with Crippen LogP contribution in [0.4, 0.5) is 0 Å². The largest absolute Gasteiger partial charge is 0.449 e. The number of aryl methyl sites for hydroxylation is 2. The lowest BCUT2D eigenvalue weighted by Crippen LogP contribution is -2.30. The molecule has 0 saturated heterocycles. The summed E-state index contributed by atoms with van der Waals surface area (Å²) >= 11 is 0. The molecule has 3 nitrogen and oxygen atoms in total. The Balaban J connectivity index is 1.94. The fourth-order valence-electron chi connectivity index (χ4n) is 3.61. The number of fused-ring (bicyclic) bond motifs is 4. The molecule has 0 atom stereocenters. The van der Waals surface area contributed by atoms with Gasteiger partial charge in [-0.2, -0.15) is 4.57 Å². The molecule has 2 aromatic carbocycles. The molecule has 0 aliphatic heterocycles. The van der Waals surface area contributed by atoms with Crippen LogP contribution in [-0.2, 0) is 7.05 Å². The zero-order valence-corrected chi connectivity index (χ0v) is 14.2. The summed E-state index contributed by atoms with van der Waals surface area (Å²) in [5.41, 5.74) is 5.38. The van der Waals surface area contributed by atoms with Crippen LogP contribution in [0.25, 0.3) is 44.0 Å². The minimum absolute atomic E-state index is 0.912. The van der Waals surface area contributed by atoms with Crippen molar-refractivity contribution < 1.29 is 8.98 Å². The van der Waals surface area contributed by atoms with Crippen molar-refractivity contribution in [2.45, 2.75) is 6.92 Å². The summed E-state index contributed by atoms with van der Waals surface area (Å²) in [6, 6.07) is 16.9. The van der Waals surface area contributed by atoms with E-state index in [9.17, 15) is 0 Å². The molecular weight excluding hydrogens is 308 g/mol. The topological polar surface area (TPSA) is 29.9 Å². The lowest BCUT2D eigenvalue weighted by molar-refractivity contribution is -0.659. The van der Waals surface area contributed by atoms with Crippen LogP contribution in [-0.4, -0.2) is 4.98 Å². The van der Waals surface area contributed by atoms with Gasteiger partial charge in [0.15, 0.2) is 6.20 Å². The Labute approximate surface area is 145 Å². The van der Waals surface area contributed by atoms with Gasteiger partial charge in [0.05, 0.1) is 5.56 Å². The quantitative estimate of drug-likeness (QED) is 0.409. The summed E-state index contributed by atoms with van der Waals surface area (Å²) in [4.78, 5) is 4.24. The number of benzene rings is 2. The Kier molecular flexibility index (Phi) is 2.92. The highest BCUT2D eigenvalue weighted by Crippen LogP contribution is 2.36. The molecule has 0 spiro atoms. The van der Waals surface area contributed by atoms with Crippen molar-refractivity contribution in [1.29, 1.82) is 0 Å². The maximum Gasteiger partial charge on any atom is 0.256 e. The first-order chi connectivity index (χ1) is 12.2. The smallest absolute Gasteiger partial charge is 0.256 e. The molecule has 3 heterocycles. The predicted octanol–water partition coefficient (Wildman–Crippen LogP) is 4.93. The van der Waals surface area contributed by atoms with Crippen molar-refractivity contribution in [2.75, 3.05) is 0 Å². The Bertz CT molecular complexity index is 1270. The van der Waals surface area contributed by atoms with E-state index in [4.69, 9.17) is 4.42 Å². The van der Waals surface area contributed by atoms with E-state index in [2.05, 4.69) is 72.2 Å². The van der Waals surface area contributed by atoms with Crippen LogP contribution in [0.1, 0.15) is 5.56 Å². The van der Waals surface area contributed by atoms with Crippen LogP contribution < -0.4 is 4.57 Å². The number of furan rings is 1. The first-order valence-electron chi connectivity index (χ1n) is 8.37. The van der Waals surface area contributed by atoms with Gasteiger partial charge >= 0.3 is 0 Å². The maximum absolute atomic E-state index is 6.34. The van der Waals surface area contributed by atoms with Gasteiger partial charge in [-0.05, 0) is 42.1 Å². The highest BCUT2D eigenvalue weighted by atomic mass is 16.3. The van der Waals surface area contributed by atoms with Gasteiger partial charge in [-0.1, -0.05) is 18.2 Å². The monoisotopic (exact) mass is 325 g/mol. The van der Waals surface area contributed by atoms with Gasteiger partial charge in [0.25, 0.3) is 5.69 Å². The molecule has 0 radical (unpaired) electrons. The molecule has 3 heteroatoms. The summed E-state index contributed by atoms with van der Waals surface area (Å²) in [5, 5.41) is 4.54. The summed E-state index contributed by atoms with van der Waals surface area (Å²) in [6.07, 6.45) is 5.82. The van der Waals surface area contributed by atoms with Gasteiger partial charge in [0.1, 0.15) is 12.6 Å². The van der Waals surface area contributed by atoms with E-state index in [0.717, 1.165) is 38.4 Å². The van der Waals surface area contributed by atoms with E-state index in [1.807, 2.05) is 18.5 Å². The van der Waals surface area contributed by atoms with Crippen molar-refractivity contribution in [3.05, 3.63) is 72.7 Å². The van der Waals surface area contributed by atoms with Gasteiger partial charge in [0.2, 0.25) is 5.58 Å². The highest BCUT2D eigenvalue weighted by molar-refractivity contribution is 6.12. The number of hydrogen-bond acceptors (Lipinski definition) is 2. The molecule has 120 valence electrons. The Morgan fingerprint density at radius 2 is 1.84 bits per heavy atom. The maximum atomic E-state index is 6.34. The molecule has 0 amide bonds. The fraction of sp³-hybridized carbons (Fsp3) is 0.0909. The van der Waals surface area contributed by atoms with Crippen LogP contribution in [0.3, 0.4) is 0 Å². The van der Waals surface area contributed by atoms with Crippen molar-refractivity contribution in [3.8, 4) is 11.3 Å². The zero-order chi connectivity index (χ0) is 17.0. The third-order valence-electron chi connectivity index (χ3n) is 4.92.